The monoisotopic (exact) mass is 841 g/mol. The average molecular weight is 841 g/mol. The molecule has 0 N–H and O–H groups in total. The lowest BCUT2D eigenvalue weighted by atomic mass is 10.0. The van der Waals surface area contributed by atoms with Gasteiger partial charge in [0, 0.05) is 19.3 Å². The summed E-state index contributed by atoms with van der Waals surface area (Å²) in [5.41, 5.74) is 0. The summed E-state index contributed by atoms with van der Waals surface area (Å²) in [5, 5.41) is 0. The molecule has 0 aromatic rings. The lowest BCUT2D eigenvalue weighted by Gasteiger charge is -2.18. The van der Waals surface area contributed by atoms with Crippen molar-refractivity contribution in [1.29, 1.82) is 0 Å². The number of carbonyl (C=O) groups excluding carboxylic acids is 3. The Hall–Kier alpha value is -2.63. The smallest absolute Gasteiger partial charge is 0.306 e. The molecule has 0 aliphatic rings. The molecule has 0 spiro atoms. The normalized spacial score (nSPS) is 12.4. The highest BCUT2D eigenvalue weighted by atomic mass is 16.6. The fraction of sp³-hybridized carbons (Fsp3) is 0.796. The van der Waals surface area contributed by atoms with Crippen LogP contribution in [0.15, 0.2) is 48.6 Å². The fourth-order valence-corrected chi connectivity index (χ4v) is 7.26. The molecule has 0 aliphatic heterocycles. The predicted octanol–water partition coefficient (Wildman–Crippen LogP) is 16.7. The Morgan fingerprint density at radius 3 is 1.02 bits per heavy atom. The van der Waals surface area contributed by atoms with Gasteiger partial charge in [0.25, 0.3) is 0 Å². The van der Waals surface area contributed by atoms with E-state index >= 15 is 0 Å². The summed E-state index contributed by atoms with van der Waals surface area (Å²) in [5.74, 6) is -0.878. The van der Waals surface area contributed by atoms with Crippen molar-refractivity contribution in [2.24, 2.45) is 0 Å². The number of hydrogen-bond donors (Lipinski definition) is 0. The average Bonchev–Trinajstić information content (AvgIpc) is 3.24. The number of esters is 3. The topological polar surface area (TPSA) is 78.9 Å². The molecule has 6 heteroatoms. The van der Waals surface area contributed by atoms with E-state index in [9.17, 15) is 14.4 Å². The van der Waals surface area contributed by atoms with Crippen molar-refractivity contribution in [3.8, 4) is 0 Å². The van der Waals surface area contributed by atoms with Gasteiger partial charge in [0.05, 0.1) is 0 Å². The molecule has 0 rings (SSSR count). The highest BCUT2D eigenvalue weighted by Gasteiger charge is 2.19. The molecule has 0 aromatic carbocycles. The number of carbonyl (C=O) groups is 3. The molecule has 0 heterocycles. The lowest BCUT2D eigenvalue weighted by Crippen LogP contribution is -2.30. The minimum atomic E-state index is -0.763. The third kappa shape index (κ3) is 46.4. The van der Waals surface area contributed by atoms with Gasteiger partial charge in [-0.3, -0.25) is 14.4 Å². The van der Waals surface area contributed by atoms with Crippen LogP contribution < -0.4 is 0 Å². The summed E-state index contributed by atoms with van der Waals surface area (Å²) in [7, 11) is 0. The van der Waals surface area contributed by atoms with Crippen molar-refractivity contribution in [2.75, 3.05) is 13.2 Å². The van der Waals surface area contributed by atoms with E-state index in [1.807, 2.05) is 0 Å². The molecule has 0 radical (unpaired) electrons. The molecule has 0 saturated heterocycles. The Morgan fingerprint density at radius 2 is 0.650 bits per heavy atom. The van der Waals surface area contributed by atoms with E-state index in [2.05, 4.69) is 69.4 Å². The third-order valence-corrected chi connectivity index (χ3v) is 11.1. The fourth-order valence-electron chi connectivity index (χ4n) is 7.26. The number of rotatable bonds is 46. The maximum atomic E-state index is 12.6. The van der Waals surface area contributed by atoms with Gasteiger partial charge in [-0.25, -0.2) is 0 Å². The summed E-state index contributed by atoms with van der Waals surface area (Å²) in [6, 6.07) is 0. The van der Waals surface area contributed by atoms with Crippen molar-refractivity contribution in [1.82, 2.24) is 0 Å². The van der Waals surface area contributed by atoms with E-state index < -0.39 is 6.10 Å². The van der Waals surface area contributed by atoms with Crippen molar-refractivity contribution >= 4 is 17.9 Å². The predicted molar refractivity (Wildman–Crippen MR) is 256 cm³/mol. The van der Waals surface area contributed by atoms with Crippen molar-refractivity contribution in [3.63, 3.8) is 0 Å². The van der Waals surface area contributed by atoms with Gasteiger partial charge in [0.15, 0.2) is 6.10 Å². The van der Waals surface area contributed by atoms with Crippen LogP contribution >= 0.6 is 0 Å². The van der Waals surface area contributed by atoms with Crippen LogP contribution in [0.2, 0.25) is 0 Å². The standard InChI is InChI=1S/C54H96O6/c1-4-7-10-13-16-18-19-20-21-22-23-24-25-26-27-28-29-30-31-32-33-34-35-37-38-41-44-47-53(56)59-50-51(49-58-52(55)46-43-40-15-12-9-6-3)60-54(57)48-45-42-39-36-17-14-11-8-5-2/h7,10,16,18,20-21,23-24,51H,4-6,8-9,11-15,17,19,22,25-50H2,1-3H3/b10-7-,18-16-,21-20-,24-23-. The van der Waals surface area contributed by atoms with Crippen LogP contribution in [0.3, 0.4) is 0 Å². The van der Waals surface area contributed by atoms with Gasteiger partial charge in [0.2, 0.25) is 0 Å². The van der Waals surface area contributed by atoms with E-state index in [1.54, 1.807) is 0 Å². The molecular weight excluding hydrogens is 745 g/mol. The number of allylic oxidation sites excluding steroid dienone is 8. The highest BCUT2D eigenvalue weighted by Crippen LogP contribution is 2.16. The van der Waals surface area contributed by atoms with Gasteiger partial charge in [-0.1, -0.05) is 230 Å². The van der Waals surface area contributed by atoms with Crippen molar-refractivity contribution in [3.05, 3.63) is 48.6 Å². The third-order valence-electron chi connectivity index (χ3n) is 11.1. The zero-order valence-electron chi connectivity index (χ0n) is 39.7. The van der Waals surface area contributed by atoms with Gasteiger partial charge in [0.1, 0.15) is 13.2 Å². The van der Waals surface area contributed by atoms with E-state index in [0.29, 0.717) is 19.3 Å². The molecular formula is C54H96O6. The van der Waals surface area contributed by atoms with Crippen LogP contribution in [-0.2, 0) is 28.6 Å². The Kier molecular flexibility index (Phi) is 46.9. The van der Waals surface area contributed by atoms with Crippen LogP contribution in [-0.4, -0.2) is 37.2 Å². The maximum Gasteiger partial charge on any atom is 0.306 e. The minimum absolute atomic E-state index is 0.0701. The second-order valence-corrected chi connectivity index (χ2v) is 17.1. The first-order valence-electron chi connectivity index (χ1n) is 25.6. The molecule has 6 nitrogen and oxygen atoms in total. The number of ether oxygens (including phenoxy) is 3. The molecule has 1 unspecified atom stereocenters. The minimum Gasteiger partial charge on any atom is -0.462 e. The quantitative estimate of drug-likeness (QED) is 0.0263. The van der Waals surface area contributed by atoms with Gasteiger partial charge in [-0.2, -0.15) is 0 Å². The summed E-state index contributed by atoms with van der Waals surface area (Å²) in [4.78, 5) is 37.6. The Labute approximate surface area is 371 Å². The second kappa shape index (κ2) is 49.0. The van der Waals surface area contributed by atoms with Crippen molar-refractivity contribution < 1.29 is 28.6 Å². The first-order chi connectivity index (χ1) is 29.5. The first-order valence-corrected chi connectivity index (χ1v) is 25.6. The Balaban J connectivity index is 3.99. The SMILES string of the molecule is CC/C=C\C/C=C\C/C=C\C/C=C\CCCCCCCCCCCCCCCCC(=O)OCC(COC(=O)CCCCCCCC)OC(=O)CCCCCCCCCCC. The summed E-state index contributed by atoms with van der Waals surface area (Å²) < 4.78 is 16.6. The zero-order chi connectivity index (χ0) is 43.7. The molecule has 0 aliphatic carbocycles. The summed E-state index contributed by atoms with van der Waals surface area (Å²) in [6.45, 7) is 6.45. The van der Waals surface area contributed by atoms with Crippen LogP contribution in [0.5, 0.6) is 0 Å². The van der Waals surface area contributed by atoms with Gasteiger partial charge in [-0.05, 0) is 57.8 Å². The first kappa shape index (κ1) is 57.4. The molecule has 0 fully saturated rings. The van der Waals surface area contributed by atoms with Gasteiger partial charge >= 0.3 is 17.9 Å². The summed E-state index contributed by atoms with van der Waals surface area (Å²) >= 11 is 0. The van der Waals surface area contributed by atoms with Crippen LogP contribution in [0.1, 0.15) is 258 Å². The maximum absolute atomic E-state index is 12.6. The molecule has 60 heavy (non-hydrogen) atoms. The van der Waals surface area contributed by atoms with E-state index in [0.717, 1.165) is 83.5 Å². The number of unbranched alkanes of at least 4 members (excludes halogenated alkanes) is 27. The molecule has 348 valence electrons. The summed E-state index contributed by atoms with van der Waals surface area (Å²) in [6.07, 6.45) is 58.6. The number of hydrogen-bond acceptors (Lipinski definition) is 6. The Bertz CT molecular complexity index is 1060. The molecule has 0 saturated carbocycles. The van der Waals surface area contributed by atoms with Crippen molar-refractivity contribution in [2.45, 2.75) is 264 Å². The van der Waals surface area contributed by atoms with Gasteiger partial charge < -0.3 is 14.2 Å². The van der Waals surface area contributed by atoms with Crippen LogP contribution in [0, 0.1) is 0 Å². The van der Waals surface area contributed by atoms with E-state index in [-0.39, 0.29) is 31.1 Å². The second-order valence-electron chi connectivity index (χ2n) is 17.1. The lowest BCUT2D eigenvalue weighted by molar-refractivity contribution is -0.167. The van der Waals surface area contributed by atoms with Crippen LogP contribution in [0.25, 0.3) is 0 Å². The molecule has 0 aromatic heterocycles. The largest absolute Gasteiger partial charge is 0.462 e. The Morgan fingerprint density at radius 1 is 0.350 bits per heavy atom. The van der Waals surface area contributed by atoms with Crippen LogP contribution in [0.4, 0.5) is 0 Å². The zero-order valence-corrected chi connectivity index (χ0v) is 39.7. The van der Waals surface area contributed by atoms with Gasteiger partial charge in [-0.15, -0.1) is 0 Å². The molecule has 0 amide bonds. The molecule has 1 atom stereocenters. The van der Waals surface area contributed by atoms with E-state index in [4.69, 9.17) is 14.2 Å². The van der Waals surface area contributed by atoms with E-state index in [1.165, 1.54) is 135 Å². The molecule has 0 bridgehead atoms. The highest BCUT2D eigenvalue weighted by molar-refractivity contribution is 5.71.